The first kappa shape index (κ1) is 14.5. The Bertz CT molecular complexity index is 246. The van der Waals surface area contributed by atoms with E-state index in [0.29, 0.717) is 12.0 Å². The summed E-state index contributed by atoms with van der Waals surface area (Å²) in [7, 11) is 1.45. The molecule has 0 aliphatic carbocycles. The van der Waals surface area contributed by atoms with Crippen molar-refractivity contribution >= 4 is 5.97 Å². The summed E-state index contributed by atoms with van der Waals surface area (Å²) in [4.78, 5) is 14.1. The van der Waals surface area contributed by atoms with Gasteiger partial charge in [0.05, 0.1) is 7.11 Å². The van der Waals surface area contributed by atoms with Crippen LogP contribution in [0.3, 0.4) is 0 Å². The van der Waals surface area contributed by atoms with E-state index in [4.69, 9.17) is 4.74 Å². The van der Waals surface area contributed by atoms with Crippen LogP contribution in [0.5, 0.6) is 0 Å². The normalized spacial score (nSPS) is 27.8. The van der Waals surface area contributed by atoms with Gasteiger partial charge in [-0.2, -0.15) is 0 Å². The number of nitrogens with zero attached hydrogens (tertiary/aromatic N) is 1. The Labute approximate surface area is 105 Å². The van der Waals surface area contributed by atoms with Gasteiger partial charge in [-0.1, -0.05) is 13.8 Å². The molecule has 4 heteroatoms. The number of hydrogen-bond donors (Lipinski definition) is 1. The SMILES string of the molecule is CCNC(CN1CCCC(C)C1C)C(=O)OC. The lowest BCUT2D eigenvalue weighted by Crippen LogP contribution is -2.52. The first-order valence-corrected chi connectivity index (χ1v) is 6.65. The second kappa shape index (κ2) is 6.97. The summed E-state index contributed by atoms with van der Waals surface area (Å²) in [5.74, 6) is 0.556. The van der Waals surface area contributed by atoms with Gasteiger partial charge >= 0.3 is 5.97 Å². The van der Waals surface area contributed by atoms with Crippen molar-refractivity contribution < 1.29 is 9.53 Å². The number of ether oxygens (including phenoxy) is 1. The molecule has 4 nitrogen and oxygen atoms in total. The minimum Gasteiger partial charge on any atom is -0.468 e. The maximum absolute atomic E-state index is 11.7. The van der Waals surface area contributed by atoms with Crippen LogP contribution in [0.1, 0.15) is 33.6 Å². The molecule has 100 valence electrons. The van der Waals surface area contributed by atoms with Crippen molar-refractivity contribution in [3.05, 3.63) is 0 Å². The van der Waals surface area contributed by atoms with E-state index >= 15 is 0 Å². The first-order chi connectivity index (χ1) is 8.10. The number of carbonyl (C=O) groups is 1. The van der Waals surface area contributed by atoms with Crippen LogP contribution in [-0.2, 0) is 9.53 Å². The third-order valence-corrected chi connectivity index (χ3v) is 3.86. The highest BCUT2D eigenvalue weighted by Gasteiger charge is 2.29. The molecule has 0 bridgehead atoms. The molecule has 0 saturated carbocycles. The number of likely N-dealkylation sites (N-methyl/N-ethyl adjacent to an activating group) is 1. The molecule has 0 aromatic heterocycles. The van der Waals surface area contributed by atoms with Crippen LogP contribution in [-0.4, -0.2) is 49.7 Å². The van der Waals surface area contributed by atoms with Crippen molar-refractivity contribution in [2.75, 3.05) is 26.7 Å². The number of methoxy groups -OCH3 is 1. The molecule has 1 saturated heterocycles. The number of esters is 1. The summed E-state index contributed by atoms with van der Waals surface area (Å²) in [5, 5.41) is 3.20. The van der Waals surface area contributed by atoms with Gasteiger partial charge < -0.3 is 10.1 Å². The zero-order valence-corrected chi connectivity index (χ0v) is 11.5. The second-order valence-corrected chi connectivity index (χ2v) is 4.99. The molecule has 0 radical (unpaired) electrons. The van der Waals surface area contributed by atoms with E-state index in [1.807, 2.05) is 6.92 Å². The number of nitrogens with one attached hydrogen (secondary N) is 1. The summed E-state index contributed by atoms with van der Waals surface area (Å²) >= 11 is 0. The van der Waals surface area contributed by atoms with E-state index in [2.05, 4.69) is 24.1 Å². The fourth-order valence-electron chi connectivity index (χ4n) is 2.52. The summed E-state index contributed by atoms with van der Waals surface area (Å²) in [6, 6.07) is 0.354. The van der Waals surface area contributed by atoms with Crippen molar-refractivity contribution in [1.82, 2.24) is 10.2 Å². The topological polar surface area (TPSA) is 41.6 Å². The monoisotopic (exact) mass is 242 g/mol. The molecule has 1 heterocycles. The van der Waals surface area contributed by atoms with Gasteiger partial charge in [0.25, 0.3) is 0 Å². The van der Waals surface area contributed by atoms with Crippen LogP contribution in [0.15, 0.2) is 0 Å². The van der Waals surface area contributed by atoms with Crippen LogP contribution in [0.25, 0.3) is 0 Å². The smallest absolute Gasteiger partial charge is 0.324 e. The summed E-state index contributed by atoms with van der Waals surface area (Å²) < 4.78 is 4.84. The van der Waals surface area contributed by atoms with E-state index in [1.54, 1.807) is 0 Å². The predicted molar refractivity (Wildman–Crippen MR) is 68.9 cm³/mol. The van der Waals surface area contributed by atoms with Gasteiger partial charge in [-0.3, -0.25) is 9.69 Å². The maximum Gasteiger partial charge on any atom is 0.324 e. The minimum atomic E-state index is -0.197. The molecule has 0 spiro atoms. The Morgan fingerprint density at radius 1 is 1.53 bits per heavy atom. The number of likely N-dealkylation sites (tertiary alicyclic amines) is 1. The Kier molecular flexibility index (Phi) is 5.92. The molecule has 1 aliphatic rings. The zero-order valence-electron chi connectivity index (χ0n) is 11.5. The molecule has 1 fully saturated rings. The van der Waals surface area contributed by atoms with Gasteiger partial charge in [-0.25, -0.2) is 0 Å². The molecule has 0 amide bonds. The van der Waals surface area contributed by atoms with Crippen molar-refractivity contribution in [2.45, 2.75) is 45.7 Å². The van der Waals surface area contributed by atoms with Crippen LogP contribution >= 0.6 is 0 Å². The predicted octanol–water partition coefficient (Wildman–Crippen LogP) is 1.26. The average molecular weight is 242 g/mol. The molecular formula is C13H26N2O2. The van der Waals surface area contributed by atoms with Gasteiger partial charge in [0.1, 0.15) is 6.04 Å². The molecule has 1 aliphatic heterocycles. The van der Waals surface area contributed by atoms with Crippen LogP contribution in [0.2, 0.25) is 0 Å². The highest BCUT2D eigenvalue weighted by Crippen LogP contribution is 2.22. The molecule has 17 heavy (non-hydrogen) atoms. The van der Waals surface area contributed by atoms with E-state index < -0.39 is 0 Å². The average Bonchev–Trinajstić information content (AvgIpc) is 2.33. The van der Waals surface area contributed by atoms with Crippen LogP contribution in [0, 0.1) is 5.92 Å². The first-order valence-electron chi connectivity index (χ1n) is 6.65. The van der Waals surface area contributed by atoms with Crippen molar-refractivity contribution in [1.29, 1.82) is 0 Å². The van der Waals surface area contributed by atoms with Crippen molar-refractivity contribution in [2.24, 2.45) is 5.92 Å². The Morgan fingerprint density at radius 3 is 2.82 bits per heavy atom. The number of hydrogen-bond acceptors (Lipinski definition) is 4. The highest BCUT2D eigenvalue weighted by atomic mass is 16.5. The summed E-state index contributed by atoms with van der Waals surface area (Å²) in [5.41, 5.74) is 0. The van der Waals surface area contributed by atoms with Gasteiger partial charge in [0, 0.05) is 12.6 Å². The third kappa shape index (κ3) is 3.96. The van der Waals surface area contributed by atoms with Gasteiger partial charge in [0.15, 0.2) is 0 Å². The molecular weight excluding hydrogens is 216 g/mol. The molecule has 0 aromatic carbocycles. The van der Waals surface area contributed by atoms with E-state index in [0.717, 1.165) is 19.6 Å². The largest absolute Gasteiger partial charge is 0.468 e. The summed E-state index contributed by atoms with van der Waals surface area (Å²) in [6.07, 6.45) is 2.52. The Balaban J connectivity index is 2.56. The quantitative estimate of drug-likeness (QED) is 0.737. The van der Waals surface area contributed by atoms with Crippen LogP contribution in [0.4, 0.5) is 0 Å². The van der Waals surface area contributed by atoms with Gasteiger partial charge in [-0.15, -0.1) is 0 Å². The lowest BCUT2D eigenvalue weighted by Gasteiger charge is -2.39. The molecule has 0 aromatic rings. The lowest BCUT2D eigenvalue weighted by atomic mass is 9.92. The fraction of sp³-hybridized carbons (Fsp3) is 0.923. The van der Waals surface area contributed by atoms with Gasteiger partial charge in [0.2, 0.25) is 0 Å². The van der Waals surface area contributed by atoms with E-state index in [-0.39, 0.29) is 12.0 Å². The van der Waals surface area contributed by atoms with Crippen molar-refractivity contribution in [3.63, 3.8) is 0 Å². The van der Waals surface area contributed by atoms with Crippen molar-refractivity contribution in [3.8, 4) is 0 Å². The highest BCUT2D eigenvalue weighted by molar-refractivity contribution is 5.75. The Morgan fingerprint density at radius 2 is 2.24 bits per heavy atom. The van der Waals surface area contributed by atoms with E-state index in [9.17, 15) is 4.79 Å². The lowest BCUT2D eigenvalue weighted by molar-refractivity contribution is -0.144. The third-order valence-electron chi connectivity index (χ3n) is 3.86. The molecule has 3 atom stereocenters. The molecule has 1 rings (SSSR count). The van der Waals surface area contributed by atoms with E-state index in [1.165, 1.54) is 20.0 Å². The second-order valence-electron chi connectivity index (χ2n) is 4.99. The maximum atomic E-state index is 11.7. The van der Waals surface area contributed by atoms with Crippen LogP contribution < -0.4 is 5.32 Å². The van der Waals surface area contributed by atoms with Gasteiger partial charge in [-0.05, 0) is 38.8 Å². The molecule has 1 N–H and O–H groups in total. The zero-order chi connectivity index (χ0) is 12.8. The minimum absolute atomic E-state index is 0.155. The Hall–Kier alpha value is -0.610. The number of piperidine rings is 1. The number of rotatable bonds is 5. The standard InChI is InChI=1S/C13H26N2O2/c1-5-14-12(13(16)17-4)9-15-8-6-7-10(2)11(15)3/h10-12,14H,5-9H2,1-4H3. The number of carbonyl (C=O) groups excluding carboxylic acids is 1. The summed E-state index contributed by atoms with van der Waals surface area (Å²) in [6.45, 7) is 9.19. The fourth-order valence-corrected chi connectivity index (χ4v) is 2.52. The molecule has 3 unspecified atom stereocenters.